The van der Waals surface area contributed by atoms with Gasteiger partial charge in [0.05, 0.1) is 6.10 Å². The van der Waals surface area contributed by atoms with Gasteiger partial charge in [0.1, 0.15) is 0 Å². The third-order valence-electron chi connectivity index (χ3n) is 3.11. The molecule has 0 radical (unpaired) electrons. The summed E-state index contributed by atoms with van der Waals surface area (Å²) >= 11 is 0. The van der Waals surface area contributed by atoms with E-state index in [9.17, 15) is 9.90 Å². The van der Waals surface area contributed by atoms with Gasteiger partial charge in [-0.1, -0.05) is 32.4 Å². The topological polar surface area (TPSA) is 49.3 Å². The predicted molar refractivity (Wildman–Crippen MR) is 78.2 cm³/mol. The molecular formula is C16H25NO2. The van der Waals surface area contributed by atoms with Crippen LogP contribution in [0.15, 0.2) is 24.3 Å². The maximum absolute atomic E-state index is 11.9. The molecule has 0 saturated heterocycles. The summed E-state index contributed by atoms with van der Waals surface area (Å²) in [5.41, 5.74) is 1.96. The summed E-state index contributed by atoms with van der Waals surface area (Å²) in [6.07, 6.45) is 2.55. The molecule has 0 heterocycles. The summed E-state index contributed by atoms with van der Waals surface area (Å²) in [5, 5.41) is 12.2. The van der Waals surface area contributed by atoms with Crippen molar-refractivity contribution in [1.82, 2.24) is 5.32 Å². The molecule has 3 heteroatoms. The summed E-state index contributed by atoms with van der Waals surface area (Å²) in [4.78, 5) is 11.9. The zero-order valence-corrected chi connectivity index (χ0v) is 12.1. The van der Waals surface area contributed by atoms with Crippen molar-refractivity contribution >= 4 is 5.91 Å². The Balaban J connectivity index is 2.44. The Morgan fingerprint density at radius 2 is 1.89 bits per heavy atom. The second-order valence-electron chi connectivity index (χ2n) is 5.35. The second-order valence-corrected chi connectivity index (χ2v) is 5.35. The van der Waals surface area contributed by atoms with E-state index in [-0.39, 0.29) is 17.9 Å². The van der Waals surface area contributed by atoms with Gasteiger partial charge in [0.2, 0.25) is 0 Å². The van der Waals surface area contributed by atoms with Gasteiger partial charge < -0.3 is 10.4 Å². The van der Waals surface area contributed by atoms with Crippen LogP contribution in [0.2, 0.25) is 0 Å². The molecule has 1 aromatic rings. The first-order valence-electron chi connectivity index (χ1n) is 7.08. The molecule has 1 aromatic carbocycles. The molecule has 2 N–H and O–H groups in total. The third-order valence-corrected chi connectivity index (χ3v) is 3.11. The molecule has 0 aliphatic carbocycles. The van der Waals surface area contributed by atoms with Crippen LogP contribution in [0.4, 0.5) is 0 Å². The van der Waals surface area contributed by atoms with Gasteiger partial charge in [0.25, 0.3) is 5.91 Å². The van der Waals surface area contributed by atoms with Crippen LogP contribution in [0, 0.1) is 5.92 Å². The van der Waals surface area contributed by atoms with E-state index < -0.39 is 0 Å². The Labute approximate surface area is 116 Å². The SMILES string of the molecule is CCCc1ccc(C(=O)NCC(C)CC(C)O)cc1. The molecule has 3 nitrogen and oxygen atoms in total. The van der Waals surface area contributed by atoms with Crippen LogP contribution < -0.4 is 5.32 Å². The quantitative estimate of drug-likeness (QED) is 0.794. The van der Waals surface area contributed by atoms with Gasteiger partial charge in [0, 0.05) is 12.1 Å². The van der Waals surface area contributed by atoms with Crippen molar-refractivity contribution in [3.8, 4) is 0 Å². The fourth-order valence-electron chi connectivity index (χ4n) is 2.15. The maximum atomic E-state index is 11.9. The van der Waals surface area contributed by atoms with Gasteiger partial charge in [-0.25, -0.2) is 0 Å². The normalized spacial score (nSPS) is 13.9. The minimum Gasteiger partial charge on any atom is -0.393 e. The number of aryl methyl sites for hydroxylation is 1. The van der Waals surface area contributed by atoms with Crippen LogP contribution in [-0.2, 0) is 6.42 Å². The van der Waals surface area contributed by atoms with Crippen molar-refractivity contribution in [2.24, 2.45) is 5.92 Å². The van der Waals surface area contributed by atoms with E-state index in [4.69, 9.17) is 0 Å². The van der Waals surface area contributed by atoms with Crippen LogP contribution in [0.3, 0.4) is 0 Å². The lowest BCUT2D eigenvalue weighted by atomic mass is 10.0. The van der Waals surface area contributed by atoms with E-state index in [1.165, 1.54) is 5.56 Å². The molecule has 2 unspecified atom stereocenters. The lowest BCUT2D eigenvalue weighted by molar-refractivity contribution is 0.0939. The van der Waals surface area contributed by atoms with E-state index in [0.29, 0.717) is 18.5 Å². The highest BCUT2D eigenvalue weighted by Gasteiger charge is 2.09. The second kappa shape index (κ2) is 7.95. The highest BCUT2D eigenvalue weighted by atomic mass is 16.3. The number of hydrogen-bond donors (Lipinski definition) is 2. The van der Waals surface area contributed by atoms with Crippen molar-refractivity contribution < 1.29 is 9.90 Å². The molecule has 0 aliphatic rings. The maximum Gasteiger partial charge on any atom is 0.251 e. The molecule has 0 fully saturated rings. The van der Waals surface area contributed by atoms with E-state index >= 15 is 0 Å². The first-order chi connectivity index (χ1) is 9.02. The minimum absolute atomic E-state index is 0.0412. The Morgan fingerprint density at radius 3 is 2.42 bits per heavy atom. The molecule has 0 spiro atoms. The number of hydrogen-bond acceptors (Lipinski definition) is 2. The number of nitrogens with one attached hydrogen (secondary N) is 1. The van der Waals surface area contributed by atoms with Gasteiger partial charge in [-0.3, -0.25) is 4.79 Å². The first-order valence-corrected chi connectivity index (χ1v) is 7.08. The number of benzene rings is 1. The van der Waals surface area contributed by atoms with Crippen LogP contribution >= 0.6 is 0 Å². The molecule has 1 amide bonds. The first kappa shape index (κ1) is 15.7. The molecule has 0 bridgehead atoms. The Kier molecular flexibility index (Phi) is 6.57. The van der Waals surface area contributed by atoms with Gasteiger partial charge in [-0.2, -0.15) is 0 Å². The molecule has 0 aromatic heterocycles. The number of aliphatic hydroxyl groups is 1. The summed E-state index contributed by atoms with van der Waals surface area (Å²) in [7, 11) is 0. The molecule has 106 valence electrons. The molecule has 2 atom stereocenters. The summed E-state index contributed by atoms with van der Waals surface area (Å²) in [6.45, 7) is 6.53. The Hall–Kier alpha value is -1.35. The zero-order valence-electron chi connectivity index (χ0n) is 12.1. The summed E-state index contributed by atoms with van der Waals surface area (Å²) in [6, 6.07) is 7.77. The van der Waals surface area contributed by atoms with Gasteiger partial charge >= 0.3 is 0 Å². The lowest BCUT2D eigenvalue weighted by Gasteiger charge is -2.14. The van der Waals surface area contributed by atoms with Crippen molar-refractivity contribution in [2.75, 3.05) is 6.54 Å². The van der Waals surface area contributed by atoms with Crippen molar-refractivity contribution in [3.05, 3.63) is 35.4 Å². The van der Waals surface area contributed by atoms with Crippen molar-refractivity contribution in [3.63, 3.8) is 0 Å². The highest BCUT2D eigenvalue weighted by Crippen LogP contribution is 2.08. The standard InChI is InChI=1S/C16H25NO2/c1-4-5-14-6-8-15(9-7-14)16(19)17-11-12(2)10-13(3)18/h6-9,12-13,18H,4-5,10-11H2,1-3H3,(H,17,19). The average molecular weight is 263 g/mol. The Morgan fingerprint density at radius 1 is 1.26 bits per heavy atom. The third kappa shape index (κ3) is 5.88. The van der Waals surface area contributed by atoms with Gasteiger partial charge in [-0.05, 0) is 43.4 Å². The number of rotatable bonds is 7. The number of carbonyl (C=O) groups is 1. The molecular weight excluding hydrogens is 238 g/mol. The molecule has 0 aliphatic heterocycles. The summed E-state index contributed by atoms with van der Waals surface area (Å²) < 4.78 is 0. The zero-order chi connectivity index (χ0) is 14.3. The fourth-order valence-corrected chi connectivity index (χ4v) is 2.15. The molecule has 1 rings (SSSR count). The van der Waals surface area contributed by atoms with E-state index in [2.05, 4.69) is 12.2 Å². The van der Waals surface area contributed by atoms with E-state index in [0.717, 1.165) is 12.8 Å². The Bertz CT molecular complexity index is 384. The largest absolute Gasteiger partial charge is 0.393 e. The monoisotopic (exact) mass is 263 g/mol. The van der Waals surface area contributed by atoms with Gasteiger partial charge in [-0.15, -0.1) is 0 Å². The lowest BCUT2D eigenvalue weighted by Crippen LogP contribution is -2.29. The number of amides is 1. The smallest absolute Gasteiger partial charge is 0.251 e. The number of carbonyl (C=O) groups excluding carboxylic acids is 1. The van der Waals surface area contributed by atoms with Crippen LogP contribution in [0.1, 0.15) is 49.5 Å². The predicted octanol–water partition coefficient (Wildman–Crippen LogP) is 2.78. The fraction of sp³-hybridized carbons (Fsp3) is 0.562. The minimum atomic E-state index is -0.319. The highest BCUT2D eigenvalue weighted by molar-refractivity contribution is 5.94. The van der Waals surface area contributed by atoms with Crippen molar-refractivity contribution in [2.45, 2.75) is 46.1 Å². The number of aliphatic hydroxyl groups excluding tert-OH is 1. The van der Waals surface area contributed by atoms with Crippen LogP contribution in [0.25, 0.3) is 0 Å². The van der Waals surface area contributed by atoms with Crippen LogP contribution in [-0.4, -0.2) is 23.7 Å². The molecule has 19 heavy (non-hydrogen) atoms. The van der Waals surface area contributed by atoms with Crippen molar-refractivity contribution in [1.29, 1.82) is 0 Å². The summed E-state index contributed by atoms with van der Waals surface area (Å²) in [5.74, 6) is 0.240. The van der Waals surface area contributed by atoms with E-state index in [1.54, 1.807) is 6.92 Å². The average Bonchev–Trinajstić information content (AvgIpc) is 2.36. The molecule has 0 saturated carbocycles. The van der Waals surface area contributed by atoms with Crippen LogP contribution in [0.5, 0.6) is 0 Å². The van der Waals surface area contributed by atoms with Gasteiger partial charge in [0.15, 0.2) is 0 Å². The van der Waals surface area contributed by atoms with E-state index in [1.807, 2.05) is 31.2 Å².